The molecule has 2 aromatic carbocycles. The molecule has 2 rings (SSSR count). The van der Waals surface area contributed by atoms with Gasteiger partial charge in [0.15, 0.2) is 0 Å². The van der Waals surface area contributed by atoms with Gasteiger partial charge in [-0.1, -0.05) is 44.7 Å². The molecule has 0 heterocycles. The van der Waals surface area contributed by atoms with Crippen molar-refractivity contribution in [3.05, 3.63) is 68.6 Å². The fourth-order valence-electron chi connectivity index (χ4n) is 2.41. The fourth-order valence-corrected chi connectivity index (χ4v) is 2.94. The average molecular weight is 482 g/mol. The molecule has 0 saturated carbocycles. The van der Waals surface area contributed by atoms with Gasteiger partial charge in [0.1, 0.15) is 0 Å². The monoisotopic (exact) mass is 480 g/mol. The fraction of sp³-hybridized carbons (Fsp3) is 0.300. The highest BCUT2D eigenvalue weighted by atomic mass is 79.9. The highest BCUT2D eigenvalue weighted by molar-refractivity contribution is 9.10. The molecule has 0 aliphatic heterocycles. The second-order valence-corrected chi connectivity index (χ2v) is 7.77. The first-order chi connectivity index (χ1) is 12.6. The first kappa shape index (κ1) is 20.6. The Hall–Kier alpha value is -1.66. The summed E-state index contributed by atoms with van der Waals surface area (Å²) in [4.78, 5) is 23.9. The Bertz CT molecular complexity index is 652. The lowest BCUT2D eigenvalue weighted by Crippen LogP contribution is -2.25. The van der Waals surface area contributed by atoms with E-state index >= 15 is 0 Å². The lowest BCUT2D eigenvalue weighted by Gasteiger charge is -2.07. The number of nitrogens with one attached hydrogen (secondary N) is 2. The minimum absolute atomic E-state index is 0.0424. The normalized spacial score (nSPS) is 10.4. The lowest BCUT2D eigenvalue weighted by atomic mass is 10.1. The van der Waals surface area contributed by atoms with Crippen molar-refractivity contribution in [3.63, 3.8) is 0 Å². The van der Waals surface area contributed by atoms with Crippen molar-refractivity contribution in [3.8, 4) is 0 Å². The maximum atomic E-state index is 11.9. The van der Waals surface area contributed by atoms with E-state index < -0.39 is 0 Å². The zero-order valence-electron chi connectivity index (χ0n) is 14.4. The number of amides is 2. The molecule has 138 valence electrons. The van der Waals surface area contributed by atoms with E-state index in [-0.39, 0.29) is 11.8 Å². The largest absolute Gasteiger partial charge is 0.352 e. The van der Waals surface area contributed by atoms with Gasteiger partial charge in [0, 0.05) is 33.2 Å². The van der Waals surface area contributed by atoms with E-state index in [0.717, 1.165) is 34.6 Å². The summed E-state index contributed by atoms with van der Waals surface area (Å²) in [6.07, 6.45) is 3.91. The summed E-state index contributed by atoms with van der Waals surface area (Å²) in [6.45, 7) is 1.33. The third kappa shape index (κ3) is 7.30. The van der Waals surface area contributed by atoms with Crippen LogP contribution in [0.1, 0.15) is 46.4 Å². The summed E-state index contributed by atoms with van der Waals surface area (Å²) >= 11 is 6.71. The molecule has 4 nitrogen and oxygen atoms in total. The third-order valence-electron chi connectivity index (χ3n) is 3.89. The Morgan fingerprint density at radius 1 is 0.615 bits per heavy atom. The maximum Gasteiger partial charge on any atom is 0.251 e. The molecular formula is C20H22Br2N2O2. The number of carbonyl (C=O) groups excluding carboxylic acids is 2. The van der Waals surface area contributed by atoms with E-state index in [0.29, 0.717) is 24.2 Å². The number of carbonyl (C=O) groups is 2. The molecule has 0 aromatic heterocycles. The van der Waals surface area contributed by atoms with Crippen molar-refractivity contribution in [1.29, 1.82) is 0 Å². The summed E-state index contributed by atoms with van der Waals surface area (Å²) in [6, 6.07) is 14.6. The summed E-state index contributed by atoms with van der Waals surface area (Å²) in [5, 5.41) is 5.85. The Kier molecular flexibility index (Phi) is 8.85. The molecule has 0 atom stereocenters. The van der Waals surface area contributed by atoms with Crippen LogP contribution in [0.5, 0.6) is 0 Å². The van der Waals surface area contributed by atoms with Crippen LogP contribution in [0.15, 0.2) is 57.5 Å². The molecule has 0 unspecified atom stereocenters. The van der Waals surface area contributed by atoms with E-state index in [2.05, 4.69) is 42.5 Å². The zero-order valence-corrected chi connectivity index (χ0v) is 17.6. The molecule has 0 radical (unpaired) electrons. The third-order valence-corrected chi connectivity index (χ3v) is 4.94. The van der Waals surface area contributed by atoms with Crippen LogP contribution in [0.2, 0.25) is 0 Å². The van der Waals surface area contributed by atoms with Gasteiger partial charge in [0.05, 0.1) is 0 Å². The van der Waals surface area contributed by atoms with Crippen molar-refractivity contribution >= 4 is 43.7 Å². The van der Waals surface area contributed by atoms with Crippen LogP contribution in [0.4, 0.5) is 0 Å². The molecular weight excluding hydrogens is 460 g/mol. The van der Waals surface area contributed by atoms with E-state index in [1.165, 1.54) is 0 Å². The number of hydrogen-bond donors (Lipinski definition) is 2. The predicted molar refractivity (Wildman–Crippen MR) is 111 cm³/mol. The van der Waals surface area contributed by atoms with Crippen LogP contribution >= 0.6 is 31.9 Å². The maximum absolute atomic E-state index is 11.9. The molecule has 0 aliphatic carbocycles. The molecule has 0 saturated heterocycles. The lowest BCUT2D eigenvalue weighted by molar-refractivity contribution is 0.0943. The van der Waals surface area contributed by atoms with Gasteiger partial charge < -0.3 is 10.6 Å². The SMILES string of the molecule is O=C(NCCCCCCNC(=O)c1ccc(Br)cc1)c1ccc(Br)cc1. The quantitative estimate of drug-likeness (QED) is 0.498. The van der Waals surface area contributed by atoms with Gasteiger partial charge >= 0.3 is 0 Å². The van der Waals surface area contributed by atoms with Crippen LogP contribution in [0.25, 0.3) is 0 Å². The zero-order chi connectivity index (χ0) is 18.8. The first-order valence-corrected chi connectivity index (χ1v) is 10.2. The summed E-state index contributed by atoms with van der Waals surface area (Å²) in [5.41, 5.74) is 1.34. The molecule has 6 heteroatoms. The minimum atomic E-state index is -0.0424. The Balaban J connectivity index is 1.51. The van der Waals surface area contributed by atoms with Crippen LogP contribution in [-0.2, 0) is 0 Å². The average Bonchev–Trinajstić information content (AvgIpc) is 2.64. The number of hydrogen-bond acceptors (Lipinski definition) is 2. The van der Waals surface area contributed by atoms with E-state index in [9.17, 15) is 9.59 Å². The topological polar surface area (TPSA) is 58.2 Å². The highest BCUT2D eigenvalue weighted by Gasteiger charge is 2.05. The summed E-state index contributed by atoms with van der Waals surface area (Å²) in [5.74, 6) is -0.0847. The Morgan fingerprint density at radius 3 is 1.31 bits per heavy atom. The number of benzene rings is 2. The molecule has 0 spiro atoms. The van der Waals surface area contributed by atoms with Crippen molar-refractivity contribution in [1.82, 2.24) is 10.6 Å². The van der Waals surface area contributed by atoms with Gasteiger partial charge in [-0.2, -0.15) is 0 Å². The van der Waals surface area contributed by atoms with Crippen molar-refractivity contribution in [2.45, 2.75) is 25.7 Å². The smallest absolute Gasteiger partial charge is 0.251 e. The van der Waals surface area contributed by atoms with Crippen LogP contribution < -0.4 is 10.6 Å². The van der Waals surface area contributed by atoms with E-state index in [1.54, 1.807) is 24.3 Å². The second-order valence-electron chi connectivity index (χ2n) is 5.94. The highest BCUT2D eigenvalue weighted by Crippen LogP contribution is 2.11. The Labute approximate surface area is 171 Å². The van der Waals surface area contributed by atoms with Crippen molar-refractivity contribution in [2.24, 2.45) is 0 Å². The summed E-state index contributed by atoms with van der Waals surface area (Å²) in [7, 11) is 0. The van der Waals surface area contributed by atoms with E-state index in [4.69, 9.17) is 0 Å². The molecule has 2 aromatic rings. The van der Waals surface area contributed by atoms with Crippen molar-refractivity contribution < 1.29 is 9.59 Å². The standard InChI is InChI=1S/C20H22Br2N2O2/c21-17-9-5-15(6-10-17)19(25)23-13-3-1-2-4-14-24-20(26)16-7-11-18(22)12-8-16/h5-12H,1-4,13-14H2,(H,23,25)(H,24,26). The molecule has 0 fully saturated rings. The van der Waals surface area contributed by atoms with Gasteiger partial charge in [-0.15, -0.1) is 0 Å². The van der Waals surface area contributed by atoms with Gasteiger partial charge in [-0.25, -0.2) is 0 Å². The van der Waals surface area contributed by atoms with Gasteiger partial charge in [0.2, 0.25) is 0 Å². The van der Waals surface area contributed by atoms with Gasteiger partial charge in [0.25, 0.3) is 11.8 Å². The van der Waals surface area contributed by atoms with Crippen LogP contribution in [0, 0.1) is 0 Å². The summed E-state index contributed by atoms with van der Waals surface area (Å²) < 4.78 is 1.92. The van der Waals surface area contributed by atoms with E-state index in [1.807, 2.05) is 24.3 Å². The minimum Gasteiger partial charge on any atom is -0.352 e. The Morgan fingerprint density at radius 2 is 0.962 bits per heavy atom. The first-order valence-electron chi connectivity index (χ1n) is 8.64. The second kappa shape index (κ2) is 11.1. The molecule has 0 bridgehead atoms. The van der Waals surface area contributed by atoms with Gasteiger partial charge in [-0.3, -0.25) is 9.59 Å². The van der Waals surface area contributed by atoms with Gasteiger partial charge in [-0.05, 0) is 61.4 Å². The number of unbranched alkanes of at least 4 members (excludes halogenated alkanes) is 3. The van der Waals surface area contributed by atoms with Crippen LogP contribution in [-0.4, -0.2) is 24.9 Å². The number of halogens is 2. The molecule has 0 aliphatic rings. The predicted octanol–water partition coefficient (Wildman–Crippen LogP) is 4.93. The van der Waals surface area contributed by atoms with Crippen LogP contribution in [0.3, 0.4) is 0 Å². The molecule has 2 N–H and O–H groups in total. The molecule has 2 amide bonds. The molecule has 26 heavy (non-hydrogen) atoms. The van der Waals surface area contributed by atoms with Crippen molar-refractivity contribution in [2.75, 3.05) is 13.1 Å². The number of rotatable bonds is 9.